The number of alkyl halides is 3. The molecule has 3 aromatic rings. The molecular weight excluding hydrogens is 613 g/mol. The molecule has 4 rings (SSSR count). The third kappa shape index (κ3) is 9.30. The van der Waals surface area contributed by atoms with E-state index >= 15 is 0 Å². The Morgan fingerprint density at radius 1 is 1.02 bits per heavy atom. The molecule has 242 valence electrons. The van der Waals surface area contributed by atoms with Gasteiger partial charge in [0.15, 0.2) is 5.76 Å². The Labute approximate surface area is 260 Å². The van der Waals surface area contributed by atoms with Crippen LogP contribution in [0.1, 0.15) is 29.0 Å². The molecule has 0 bridgehead atoms. The summed E-state index contributed by atoms with van der Waals surface area (Å²) in [5.74, 6) is -0.601. The van der Waals surface area contributed by atoms with Crippen molar-refractivity contribution in [2.75, 3.05) is 40.0 Å². The molecule has 0 spiro atoms. The average Bonchev–Trinajstić information content (AvgIpc) is 3.04. The molecule has 1 heterocycles. The van der Waals surface area contributed by atoms with Gasteiger partial charge in [-0.1, -0.05) is 42.5 Å². The standard InChI is InChI=1S/C32H35F3N2O7S/c1-42-27-11-13-28(14-12-27)45(40,41)37(17-19-38)18-20-43-30-22-25(24-7-9-26(10-8-24)32(33,34)35)21-29(44-30)31(39)36-16-15-23-5-3-2-4-6-23/h2-14,21,25,30,38H,15-20,22H2,1H3,(H,36,39)/t25-,30+/m1/s1. The molecule has 0 saturated carbocycles. The molecular formula is C32H35F3N2O7S. The maximum atomic E-state index is 13.2. The van der Waals surface area contributed by atoms with E-state index in [1.165, 1.54) is 43.5 Å². The van der Waals surface area contributed by atoms with E-state index in [0.29, 0.717) is 24.3 Å². The third-order valence-corrected chi connectivity index (χ3v) is 9.09. The fourth-order valence-corrected chi connectivity index (χ4v) is 6.18. The first-order valence-electron chi connectivity index (χ1n) is 14.3. The van der Waals surface area contributed by atoms with Crippen LogP contribution in [0.3, 0.4) is 0 Å². The molecule has 45 heavy (non-hydrogen) atoms. The predicted octanol–water partition coefficient (Wildman–Crippen LogP) is 4.49. The van der Waals surface area contributed by atoms with Crippen LogP contribution in [0.5, 0.6) is 5.75 Å². The summed E-state index contributed by atoms with van der Waals surface area (Å²) in [6.07, 6.45) is -3.21. The number of sulfonamides is 1. The second-order valence-corrected chi connectivity index (χ2v) is 12.1. The summed E-state index contributed by atoms with van der Waals surface area (Å²) in [6, 6.07) is 20.0. The van der Waals surface area contributed by atoms with Crippen LogP contribution in [-0.4, -0.2) is 70.0 Å². The van der Waals surface area contributed by atoms with Gasteiger partial charge in [0.05, 0.1) is 30.8 Å². The lowest BCUT2D eigenvalue weighted by Crippen LogP contribution is -2.38. The van der Waals surface area contributed by atoms with Crippen molar-refractivity contribution >= 4 is 15.9 Å². The Morgan fingerprint density at radius 2 is 1.71 bits per heavy atom. The van der Waals surface area contributed by atoms with Gasteiger partial charge < -0.3 is 24.6 Å². The Bertz CT molecular complexity index is 1530. The number of methoxy groups -OCH3 is 1. The smallest absolute Gasteiger partial charge is 0.416 e. The monoisotopic (exact) mass is 648 g/mol. The lowest BCUT2D eigenvalue weighted by Gasteiger charge is -2.30. The Balaban J connectivity index is 1.46. The van der Waals surface area contributed by atoms with Crippen molar-refractivity contribution in [1.29, 1.82) is 0 Å². The second-order valence-electron chi connectivity index (χ2n) is 10.2. The molecule has 0 unspecified atom stereocenters. The zero-order valence-corrected chi connectivity index (χ0v) is 25.4. The highest BCUT2D eigenvalue weighted by atomic mass is 32.2. The highest BCUT2D eigenvalue weighted by Crippen LogP contribution is 2.34. The van der Waals surface area contributed by atoms with Crippen LogP contribution >= 0.6 is 0 Å². The summed E-state index contributed by atoms with van der Waals surface area (Å²) < 4.78 is 83.8. The Morgan fingerprint density at radius 3 is 2.33 bits per heavy atom. The largest absolute Gasteiger partial charge is 0.497 e. The highest BCUT2D eigenvalue weighted by Gasteiger charge is 2.32. The number of nitrogens with zero attached hydrogens (tertiary/aromatic N) is 1. The van der Waals surface area contributed by atoms with Crippen molar-refractivity contribution in [3.63, 3.8) is 0 Å². The minimum atomic E-state index is -4.49. The van der Waals surface area contributed by atoms with Gasteiger partial charge in [-0.15, -0.1) is 0 Å². The summed E-state index contributed by atoms with van der Waals surface area (Å²) in [5.41, 5.74) is 0.756. The van der Waals surface area contributed by atoms with Crippen molar-refractivity contribution in [2.24, 2.45) is 0 Å². The molecule has 9 nitrogen and oxygen atoms in total. The number of halogens is 3. The molecule has 13 heteroatoms. The van der Waals surface area contributed by atoms with E-state index in [1.54, 1.807) is 6.08 Å². The van der Waals surface area contributed by atoms with Crippen LogP contribution in [0.25, 0.3) is 0 Å². The first-order valence-corrected chi connectivity index (χ1v) is 15.7. The van der Waals surface area contributed by atoms with Gasteiger partial charge in [0.25, 0.3) is 5.91 Å². The van der Waals surface area contributed by atoms with E-state index in [-0.39, 0.29) is 36.8 Å². The second kappa shape index (κ2) is 15.4. The van der Waals surface area contributed by atoms with Crippen molar-refractivity contribution in [3.8, 4) is 5.75 Å². The van der Waals surface area contributed by atoms with Crippen LogP contribution in [0, 0.1) is 0 Å². The van der Waals surface area contributed by atoms with Crippen molar-refractivity contribution in [3.05, 3.63) is 107 Å². The van der Waals surface area contributed by atoms with Crippen LogP contribution in [0.2, 0.25) is 0 Å². The predicted molar refractivity (Wildman–Crippen MR) is 160 cm³/mol. The van der Waals surface area contributed by atoms with E-state index in [4.69, 9.17) is 14.2 Å². The number of nitrogens with one attached hydrogen (secondary N) is 1. The van der Waals surface area contributed by atoms with Gasteiger partial charge >= 0.3 is 6.18 Å². The molecule has 0 fully saturated rings. The normalized spacial score (nSPS) is 17.0. The van der Waals surface area contributed by atoms with E-state index < -0.39 is 46.5 Å². The first-order chi connectivity index (χ1) is 21.5. The molecule has 3 aromatic carbocycles. The average molecular weight is 649 g/mol. The summed E-state index contributed by atoms with van der Waals surface area (Å²) >= 11 is 0. The molecule has 0 aromatic heterocycles. The van der Waals surface area contributed by atoms with Crippen molar-refractivity contribution in [2.45, 2.75) is 36.1 Å². The number of carbonyl (C=O) groups excluding carboxylic acids is 1. The number of aliphatic hydroxyl groups excluding tert-OH is 1. The van der Waals surface area contributed by atoms with Gasteiger partial charge in [-0.2, -0.15) is 17.5 Å². The number of aliphatic hydroxyl groups is 1. The first kappa shape index (κ1) is 34.0. The quantitative estimate of drug-likeness (QED) is 0.265. The van der Waals surface area contributed by atoms with Crippen LogP contribution in [0.15, 0.2) is 95.6 Å². The van der Waals surface area contributed by atoms with Gasteiger partial charge in [-0.3, -0.25) is 4.79 Å². The van der Waals surface area contributed by atoms with E-state index in [1.807, 2.05) is 30.3 Å². The molecule has 0 radical (unpaired) electrons. The van der Waals surface area contributed by atoms with Gasteiger partial charge in [-0.25, -0.2) is 8.42 Å². The Kier molecular flexibility index (Phi) is 11.6. The van der Waals surface area contributed by atoms with Crippen molar-refractivity contribution in [1.82, 2.24) is 9.62 Å². The molecule has 2 N–H and O–H groups in total. The molecule has 0 saturated heterocycles. The number of rotatable bonds is 14. The van der Waals surface area contributed by atoms with E-state index in [2.05, 4.69) is 5.32 Å². The van der Waals surface area contributed by atoms with Crippen LogP contribution in [-0.2, 0) is 36.9 Å². The maximum Gasteiger partial charge on any atom is 0.416 e. The molecule has 1 aliphatic heterocycles. The minimum absolute atomic E-state index is 0.00503. The van der Waals surface area contributed by atoms with E-state index in [9.17, 15) is 31.5 Å². The fraction of sp³-hybridized carbons (Fsp3) is 0.344. The maximum absolute atomic E-state index is 13.2. The lowest BCUT2D eigenvalue weighted by molar-refractivity contribution is -0.146. The van der Waals surface area contributed by atoms with Crippen molar-refractivity contribution < 1.29 is 45.7 Å². The number of hydrogen-bond donors (Lipinski definition) is 2. The molecule has 1 aliphatic rings. The summed E-state index contributed by atoms with van der Waals surface area (Å²) in [5, 5.41) is 12.3. The minimum Gasteiger partial charge on any atom is -0.497 e. The summed E-state index contributed by atoms with van der Waals surface area (Å²) in [6.45, 7) is -0.585. The van der Waals surface area contributed by atoms with Gasteiger partial charge in [0.2, 0.25) is 16.3 Å². The molecule has 2 atom stereocenters. The fourth-order valence-electron chi connectivity index (χ4n) is 4.77. The molecule has 0 aliphatic carbocycles. The lowest BCUT2D eigenvalue weighted by atomic mass is 9.92. The number of amides is 1. The summed E-state index contributed by atoms with van der Waals surface area (Å²) in [7, 11) is -2.53. The van der Waals surface area contributed by atoms with Crippen LogP contribution < -0.4 is 10.1 Å². The summed E-state index contributed by atoms with van der Waals surface area (Å²) in [4.78, 5) is 13.1. The van der Waals surface area contributed by atoms with E-state index in [0.717, 1.165) is 22.0 Å². The van der Waals surface area contributed by atoms with Gasteiger partial charge in [-0.05, 0) is 60.0 Å². The number of benzene rings is 3. The molecule has 1 amide bonds. The van der Waals surface area contributed by atoms with Gasteiger partial charge in [0.1, 0.15) is 5.75 Å². The number of hydrogen-bond acceptors (Lipinski definition) is 7. The highest BCUT2D eigenvalue weighted by molar-refractivity contribution is 7.89. The zero-order chi connectivity index (χ0) is 32.5. The number of ether oxygens (including phenoxy) is 3. The zero-order valence-electron chi connectivity index (χ0n) is 24.6. The topological polar surface area (TPSA) is 114 Å². The SMILES string of the molecule is COc1ccc(S(=O)(=O)N(CCO)CCO[C@@H]2C[C@H](c3ccc(C(F)(F)F)cc3)C=C(C(=O)NCCc3ccccc3)O2)cc1. The van der Waals surface area contributed by atoms with Gasteiger partial charge in [0, 0.05) is 32.0 Å². The van der Waals surface area contributed by atoms with Crippen LogP contribution in [0.4, 0.5) is 13.2 Å². The number of carbonyl (C=O) groups is 1. The number of allylic oxidation sites excluding steroid dienone is 1. The Hall–Kier alpha value is -3.91. The third-order valence-electron chi connectivity index (χ3n) is 7.18.